The zero-order valence-corrected chi connectivity index (χ0v) is 10.0. The molecule has 0 saturated heterocycles. The Bertz CT molecular complexity index is 325. The Morgan fingerprint density at radius 3 is 2.67 bits per heavy atom. The molecule has 0 fully saturated rings. The first-order chi connectivity index (χ1) is 6.69. The fraction of sp³-hybridized carbons (Fsp3) is 0.333. The zero-order valence-electron chi connectivity index (χ0n) is 9.19. The van der Waals surface area contributed by atoms with Gasteiger partial charge >= 0.3 is 0 Å². The van der Waals surface area contributed by atoms with Gasteiger partial charge in [0, 0.05) is 6.04 Å². The van der Waals surface area contributed by atoms with Gasteiger partial charge in [-0.3, -0.25) is 0 Å². The lowest BCUT2D eigenvalue weighted by molar-refractivity contribution is 0.411. The van der Waals surface area contributed by atoms with Crippen LogP contribution in [0.2, 0.25) is 0 Å². The molecule has 0 aliphatic rings. The Labute approximate surface area is 97.5 Å². The summed E-state index contributed by atoms with van der Waals surface area (Å²) in [6.45, 7) is 5.69. The summed E-state index contributed by atoms with van der Waals surface area (Å²) in [4.78, 5) is 0. The molecule has 0 radical (unpaired) electrons. The molecule has 84 valence electrons. The largest absolute Gasteiger partial charge is 0.496 e. The number of hydrogen-bond donors (Lipinski definition) is 1. The van der Waals surface area contributed by atoms with E-state index in [1.165, 1.54) is 0 Å². The maximum atomic E-state index is 5.95. The van der Waals surface area contributed by atoms with Crippen molar-refractivity contribution in [1.29, 1.82) is 0 Å². The Balaban J connectivity index is 0.00000196. The molecule has 0 unspecified atom stereocenters. The summed E-state index contributed by atoms with van der Waals surface area (Å²) in [7, 11) is 1.67. The molecule has 1 aromatic rings. The molecule has 0 amide bonds. The molecule has 0 spiro atoms. The monoisotopic (exact) mass is 227 g/mol. The smallest absolute Gasteiger partial charge is 0.121 e. The minimum atomic E-state index is 0. The maximum Gasteiger partial charge on any atom is 0.121 e. The molecule has 0 aliphatic heterocycles. The lowest BCUT2D eigenvalue weighted by atomic mass is 10.0. The first-order valence-corrected chi connectivity index (χ1v) is 4.70. The van der Waals surface area contributed by atoms with Gasteiger partial charge in [-0.2, -0.15) is 0 Å². The SMILES string of the molecule is C=CC[C@H](N)c1ccc(OC)c(C)c1.Cl. The van der Waals surface area contributed by atoms with Crippen LogP contribution >= 0.6 is 12.4 Å². The second kappa shape index (κ2) is 6.49. The van der Waals surface area contributed by atoms with Gasteiger partial charge in [0.1, 0.15) is 5.75 Å². The van der Waals surface area contributed by atoms with Gasteiger partial charge in [0.15, 0.2) is 0 Å². The molecule has 3 heteroatoms. The van der Waals surface area contributed by atoms with Gasteiger partial charge in [0.25, 0.3) is 0 Å². The number of rotatable bonds is 4. The van der Waals surface area contributed by atoms with Crippen LogP contribution in [0, 0.1) is 6.92 Å². The molecular weight excluding hydrogens is 210 g/mol. The zero-order chi connectivity index (χ0) is 10.6. The highest BCUT2D eigenvalue weighted by molar-refractivity contribution is 5.85. The second-order valence-electron chi connectivity index (χ2n) is 3.36. The molecular formula is C12H18ClNO. The van der Waals surface area contributed by atoms with E-state index in [0.717, 1.165) is 23.3 Å². The second-order valence-corrected chi connectivity index (χ2v) is 3.36. The first-order valence-electron chi connectivity index (χ1n) is 4.70. The molecule has 0 bridgehead atoms. The van der Waals surface area contributed by atoms with Crippen LogP contribution in [0.1, 0.15) is 23.6 Å². The Kier molecular flexibility index (Phi) is 6.06. The van der Waals surface area contributed by atoms with Crippen molar-refractivity contribution in [2.24, 2.45) is 5.73 Å². The van der Waals surface area contributed by atoms with E-state index in [4.69, 9.17) is 10.5 Å². The third-order valence-electron chi connectivity index (χ3n) is 2.27. The predicted octanol–water partition coefficient (Wildman–Crippen LogP) is 3.00. The van der Waals surface area contributed by atoms with Crippen molar-refractivity contribution in [3.8, 4) is 5.75 Å². The van der Waals surface area contributed by atoms with Crippen molar-refractivity contribution >= 4 is 12.4 Å². The van der Waals surface area contributed by atoms with Gasteiger partial charge in [-0.15, -0.1) is 19.0 Å². The number of ether oxygens (including phenoxy) is 1. The number of halogens is 1. The third kappa shape index (κ3) is 3.57. The summed E-state index contributed by atoms with van der Waals surface area (Å²) in [6, 6.07) is 6.05. The van der Waals surface area contributed by atoms with Gasteiger partial charge in [0.2, 0.25) is 0 Å². The lowest BCUT2D eigenvalue weighted by Gasteiger charge is -2.12. The van der Waals surface area contributed by atoms with Crippen molar-refractivity contribution in [3.63, 3.8) is 0 Å². The average molecular weight is 228 g/mol. The maximum absolute atomic E-state index is 5.95. The van der Waals surface area contributed by atoms with Crippen molar-refractivity contribution < 1.29 is 4.74 Å². The van der Waals surface area contributed by atoms with E-state index in [2.05, 4.69) is 12.6 Å². The van der Waals surface area contributed by atoms with E-state index in [-0.39, 0.29) is 18.4 Å². The van der Waals surface area contributed by atoms with Crippen LogP contribution in [-0.2, 0) is 0 Å². The van der Waals surface area contributed by atoms with Crippen LogP contribution in [0.15, 0.2) is 30.9 Å². The molecule has 1 aromatic carbocycles. The van der Waals surface area contributed by atoms with Crippen molar-refractivity contribution in [2.45, 2.75) is 19.4 Å². The van der Waals surface area contributed by atoms with Gasteiger partial charge in [-0.1, -0.05) is 18.2 Å². The molecule has 15 heavy (non-hydrogen) atoms. The number of methoxy groups -OCH3 is 1. The minimum absolute atomic E-state index is 0. The summed E-state index contributed by atoms with van der Waals surface area (Å²) in [6.07, 6.45) is 2.63. The Hall–Kier alpha value is -0.990. The van der Waals surface area contributed by atoms with Crippen molar-refractivity contribution in [2.75, 3.05) is 7.11 Å². The average Bonchev–Trinajstić information content (AvgIpc) is 2.18. The normalized spacial score (nSPS) is 11.4. The van der Waals surface area contributed by atoms with E-state index in [9.17, 15) is 0 Å². The summed E-state index contributed by atoms with van der Waals surface area (Å²) in [5.74, 6) is 0.902. The van der Waals surface area contributed by atoms with E-state index in [1.807, 2.05) is 25.1 Å². The Morgan fingerprint density at radius 2 is 2.20 bits per heavy atom. The van der Waals surface area contributed by atoms with Crippen LogP contribution in [0.5, 0.6) is 5.75 Å². The summed E-state index contributed by atoms with van der Waals surface area (Å²) in [5, 5.41) is 0. The van der Waals surface area contributed by atoms with Crippen molar-refractivity contribution in [1.82, 2.24) is 0 Å². The molecule has 2 N–H and O–H groups in total. The minimum Gasteiger partial charge on any atom is -0.496 e. The van der Waals surface area contributed by atoms with E-state index >= 15 is 0 Å². The highest BCUT2D eigenvalue weighted by atomic mass is 35.5. The van der Waals surface area contributed by atoms with Crippen LogP contribution in [0.25, 0.3) is 0 Å². The van der Waals surface area contributed by atoms with Gasteiger partial charge in [-0.25, -0.2) is 0 Å². The Morgan fingerprint density at radius 1 is 1.53 bits per heavy atom. The molecule has 0 saturated carbocycles. The standard InChI is InChI=1S/C12H17NO.ClH/c1-4-5-11(13)10-6-7-12(14-3)9(2)8-10;/h4,6-8,11H,1,5,13H2,2-3H3;1H/t11-;/m0./s1. The van der Waals surface area contributed by atoms with Crippen molar-refractivity contribution in [3.05, 3.63) is 42.0 Å². The van der Waals surface area contributed by atoms with Gasteiger partial charge in [0.05, 0.1) is 7.11 Å². The van der Waals surface area contributed by atoms with E-state index in [0.29, 0.717) is 0 Å². The molecule has 2 nitrogen and oxygen atoms in total. The van der Waals surface area contributed by atoms with E-state index < -0.39 is 0 Å². The fourth-order valence-corrected chi connectivity index (χ4v) is 1.45. The highest BCUT2D eigenvalue weighted by Crippen LogP contribution is 2.22. The molecule has 0 heterocycles. The van der Waals surface area contributed by atoms with Gasteiger partial charge in [-0.05, 0) is 30.5 Å². The highest BCUT2D eigenvalue weighted by Gasteiger charge is 2.05. The summed E-state index contributed by atoms with van der Waals surface area (Å²) in [5.41, 5.74) is 8.20. The number of benzene rings is 1. The summed E-state index contributed by atoms with van der Waals surface area (Å²) < 4.78 is 5.18. The molecule has 1 rings (SSSR count). The predicted molar refractivity (Wildman–Crippen MR) is 66.7 cm³/mol. The van der Waals surface area contributed by atoms with E-state index in [1.54, 1.807) is 7.11 Å². The number of hydrogen-bond acceptors (Lipinski definition) is 2. The molecule has 0 aliphatic carbocycles. The quantitative estimate of drug-likeness (QED) is 0.803. The van der Waals surface area contributed by atoms with Crippen LogP contribution < -0.4 is 10.5 Å². The molecule has 1 atom stereocenters. The topological polar surface area (TPSA) is 35.2 Å². The first kappa shape index (κ1) is 14.0. The van der Waals surface area contributed by atoms with Crippen LogP contribution in [0.4, 0.5) is 0 Å². The van der Waals surface area contributed by atoms with Crippen LogP contribution in [0.3, 0.4) is 0 Å². The van der Waals surface area contributed by atoms with Gasteiger partial charge < -0.3 is 10.5 Å². The fourth-order valence-electron chi connectivity index (χ4n) is 1.45. The van der Waals surface area contributed by atoms with Crippen LogP contribution in [-0.4, -0.2) is 7.11 Å². The third-order valence-corrected chi connectivity index (χ3v) is 2.27. The molecule has 0 aromatic heterocycles. The lowest BCUT2D eigenvalue weighted by Crippen LogP contribution is -2.09. The summed E-state index contributed by atoms with van der Waals surface area (Å²) >= 11 is 0. The number of aryl methyl sites for hydroxylation is 1. The number of nitrogens with two attached hydrogens (primary N) is 1.